The fraction of sp³-hybridized carbons (Fsp3) is 0.143. The molecule has 0 amide bonds. The summed E-state index contributed by atoms with van der Waals surface area (Å²) in [6.45, 7) is 2.32. The molecule has 2 aromatic carbocycles. The van der Waals surface area contributed by atoms with E-state index >= 15 is 0 Å². The summed E-state index contributed by atoms with van der Waals surface area (Å²) in [4.78, 5) is 20.7. The third-order valence-corrected chi connectivity index (χ3v) is 4.39. The zero-order valence-electron chi connectivity index (χ0n) is 15.6. The molecule has 142 valence electrons. The minimum Gasteiger partial charge on any atom is -0.461 e. The third kappa shape index (κ3) is 3.94. The van der Waals surface area contributed by atoms with Crippen molar-refractivity contribution in [3.8, 4) is 23.2 Å². The molecule has 0 aliphatic carbocycles. The van der Waals surface area contributed by atoms with Crippen LogP contribution in [-0.4, -0.2) is 31.6 Å². The van der Waals surface area contributed by atoms with Crippen LogP contribution in [0.5, 0.6) is 6.01 Å². The lowest BCUT2D eigenvalue weighted by atomic mass is 10.0. The summed E-state index contributed by atoms with van der Waals surface area (Å²) < 4.78 is 6.67. The SMILES string of the molecule is Cc1ccc(-c2ccc3nnn(CCOc4nccc(C#N)n4)c(=O)c3c2)cc1. The number of fused-ring (bicyclic) bond motifs is 1. The van der Waals surface area contributed by atoms with Crippen LogP contribution in [0.3, 0.4) is 0 Å². The van der Waals surface area contributed by atoms with E-state index < -0.39 is 0 Å². The zero-order chi connectivity index (χ0) is 20.2. The molecule has 0 fully saturated rings. The Bertz CT molecular complexity index is 1280. The first kappa shape index (κ1) is 18.3. The molecule has 0 saturated heterocycles. The van der Waals surface area contributed by atoms with Gasteiger partial charge in [-0.1, -0.05) is 41.1 Å². The monoisotopic (exact) mass is 384 g/mol. The molecule has 0 N–H and O–H groups in total. The van der Waals surface area contributed by atoms with Gasteiger partial charge in [-0.25, -0.2) is 9.67 Å². The second-order valence-electron chi connectivity index (χ2n) is 6.40. The summed E-state index contributed by atoms with van der Waals surface area (Å²) in [6.07, 6.45) is 1.44. The Hall–Kier alpha value is -4.12. The molecule has 0 unspecified atom stereocenters. The Labute approximate surface area is 166 Å². The highest BCUT2D eigenvalue weighted by molar-refractivity contribution is 5.83. The number of nitrogens with zero attached hydrogens (tertiary/aromatic N) is 6. The number of aromatic nitrogens is 5. The van der Waals surface area contributed by atoms with Crippen molar-refractivity contribution in [2.24, 2.45) is 0 Å². The molecule has 0 aliphatic heterocycles. The van der Waals surface area contributed by atoms with Crippen LogP contribution in [0.2, 0.25) is 0 Å². The van der Waals surface area contributed by atoms with E-state index in [2.05, 4.69) is 20.3 Å². The van der Waals surface area contributed by atoms with Gasteiger partial charge in [0.1, 0.15) is 23.9 Å². The predicted octanol–water partition coefficient (Wildman–Crippen LogP) is 2.51. The van der Waals surface area contributed by atoms with Crippen LogP contribution in [0, 0.1) is 18.3 Å². The highest BCUT2D eigenvalue weighted by Gasteiger charge is 2.09. The zero-order valence-corrected chi connectivity index (χ0v) is 15.6. The molecule has 0 bridgehead atoms. The Kier molecular flexibility index (Phi) is 4.95. The summed E-state index contributed by atoms with van der Waals surface area (Å²) >= 11 is 0. The van der Waals surface area contributed by atoms with Gasteiger partial charge in [0.25, 0.3) is 5.56 Å². The molecule has 4 rings (SSSR count). The first-order valence-corrected chi connectivity index (χ1v) is 8.94. The molecular formula is C21H16N6O2. The lowest BCUT2D eigenvalue weighted by Gasteiger charge is -2.07. The van der Waals surface area contributed by atoms with Crippen molar-refractivity contribution in [3.05, 3.63) is 76.3 Å². The summed E-state index contributed by atoms with van der Waals surface area (Å²) in [5, 5.41) is 17.4. The van der Waals surface area contributed by atoms with Crippen LogP contribution in [0.4, 0.5) is 0 Å². The van der Waals surface area contributed by atoms with Gasteiger partial charge < -0.3 is 4.74 Å². The van der Waals surface area contributed by atoms with Gasteiger partial charge in [0.2, 0.25) is 0 Å². The van der Waals surface area contributed by atoms with Gasteiger partial charge in [-0.15, -0.1) is 5.10 Å². The molecule has 4 aromatic rings. The maximum absolute atomic E-state index is 12.8. The first-order chi connectivity index (χ1) is 14.1. The Morgan fingerprint density at radius 3 is 2.69 bits per heavy atom. The second kappa shape index (κ2) is 7.86. The Morgan fingerprint density at radius 1 is 1.10 bits per heavy atom. The van der Waals surface area contributed by atoms with E-state index in [1.165, 1.54) is 22.5 Å². The van der Waals surface area contributed by atoms with E-state index in [1.54, 1.807) is 6.07 Å². The molecule has 2 heterocycles. The van der Waals surface area contributed by atoms with Crippen LogP contribution >= 0.6 is 0 Å². The van der Waals surface area contributed by atoms with Crippen molar-refractivity contribution in [3.63, 3.8) is 0 Å². The van der Waals surface area contributed by atoms with Crippen molar-refractivity contribution in [2.75, 3.05) is 6.61 Å². The molecule has 0 radical (unpaired) electrons. The van der Waals surface area contributed by atoms with E-state index in [-0.39, 0.29) is 30.4 Å². The number of ether oxygens (including phenoxy) is 1. The third-order valence-electron chi connectivity index (χ3n) is 4.39. The number of rotatable bonds is 5. The molecule has 29 heavy (non-hydrogen) atoms. The Balaban J connectivity index is 1.57. The highest BCUT2D eigenvalue weighted by Crippen LogP contribution is 2.22. The van der Waals surface area contributed by atoms with Crippen LogP contribution in [0.15, 0.2) is 59.5 Å². The van der Waals surface area contributed by atoms with Crippen LogP contribution < -0.4 is 10.3 Å². The van der Waals surface area contributed by atoms with E-state index in [1.807, 2.05) is 49.4 Å². The van der Waals surface area contributed by atoms with Gasteiger partial charge in [0, 0.05) is 6.20 Å². The topological polar surface area (TPSA) is 107 Å². The van der Waals surface area contributed by atoms with Gasteiger partial charge in [0.05, 0.1) is 11.9 Å². The minimum absolute atomic E-state index is 0.0764. The van der Waals surface area contributed by atoms with Crippen LogP contribution in [0.25, 0.3) is 22.0 Å². The molecule has 0 atom stereocenters. The molecular weight excluding hydrogens is 368 g/mol. The Morgan fingerprint density at radius 2 is 1.90 bits per heavy atom. The molecule has 0 aliphatic rings. The molecule has 0 saturated carbocycles. The minimum atomic E-state index is -0.251. The lowest BCUT2D eigenvalue weighted by Crippen LogP contribution is -2.27. The number of aryl methyl sites for hydroxylation is 1. The van der Waals surface area contributed by atoms with E-state index in [9.17, 15) is 4.79 Å². The maximum atomic E-state index is 12.8. The summed E-state index contributed by atoms with van der Waals surface area (Å²) in [7, 11) is 0. The standard InChI is InChI=1S/C21H16N6O2/c1-14-2-4-15(5-3-14)16-6-7-19-18(12-16)20(28)27(26-25-19)10-11-29-21-23-9-8-17(13-22)24-21/h2-9,12H,10-11H2,1H3. The maximum Gasteiger partial charge on any atom is 0.317 e. The van der Waals surface area contributed by atoms with Crippen LogP contribution in [-0.2, 0) is 6.54 Å². The molecule has 0 spiro atoms. The number of nitriles is 1. The van der Waals surface area contributed by atoms with Gasteiger partial charge in [-0.2, -0.15) is 10.2 Å². The highest BCUT2D eigenvalue weighted by atomic mass is 16.5. The smallest absolute Gasteiger partial charge is 0.317 e. The molecule has 8 heteroatoms. The average Bonchev–Trinajstić information content (AvgIpc) is 2.76. The van der Waals surface area contributed by atoms with Crippen molar-refractivity contribution in [1.29, 1.82) is 5.26 Å². The quantitative estimate of drug-likeness (QED) is 0.520. The lowest BCUT2D eigenvalue weighted by molar-refractivity contribution is 0.265. The van der Waals surface area contributed by atoms with Gasteiger partial charge in [0.15, 0.2) is 0 Å². The molecule has 8 nitrogen and oxygen atoms in total. The fourth-order valence-electron chi connectivity index (χ4n) is 2.84. The van der Waals surface area contributed by atoms with Crippen molar-refractivity contribution < 1.29 is 4.74 Å². The first-order valence-electron chi connectivity index (χ1n) is 8.94. The normalized spacial score (nSPS) is 10.6. The molecule has 2 aromatic heterocycles. The summed E-state index contributed by atoms with van der Waals surface area (Å²) in [6, 6.07) is 17.1. The van der Waals surface area contributed by atoms with Gasteiger partial charge >= 0.3 is 6.01 Å². The van der Waals surface area contributed by atoms with Crippen molar-refractivity contribution in [1.82, 2.24) is 25.0 Å². The number of benzene rings is 2. The van der Waals surface area contributed by atoms with Crippen LogP contribution in [0.1, 0.15) is 11.3 Å². The predicted molar refractivity (Wildman–Crippen MR) is 106 cm³/mol. The summed E-state index contributed by atoms with van der Waals surface area (Å²) in [5.41, 5.74) is 3.63. The number of hydrogen-bond donors (Lipinski definition) is 0. The number of hydrogen-bond acceptors (Lipinski definition) is 7. The van der Waals surface area contributed by atoms with Crippen molar-refractivity contribution in [2.45, 2.75) is 13.5 Å². The van der Waals surface area contributed by atoms with Gasteiger partial charge in [-0.3, -0.25) is 4.79 Å². The van der Waals surface area contributed by atoms with Crippen molar-refractivity contribution >= 4 is 10.9 Å². The average molecular weight is 384 g/mol. The van der Waals surface area contributed by atoms with E-state index in [0.29, 0.717) is 10.9 Å². The van der Waals surface area contributed by atoms with Gasteiger partial charge in [-0.05, 0) is 36.2 Å². The van der Waals surface area contributed by atoms with E-state index in [4.69, 9.17) is 10.00 Å². The van der Waals surface area contributed by atoms with E-state index in [0.717, 1.165) is 11.1 Å². The second-order valence-corrected chi connectivity index (χ2v) is 6.40. The largest absolute Gasteiger partial charge is 0.461 e. The summed E-state index contributed by atoms with van der Waals surface area (Å²) in [5.74, 6) is 0. The fourth-order valence-corrected chi connectivity index (χ4v) is 2.84.